The van der Waals surface area contributed by atoms with Crippen LogP contribution >= 0.6 is 15.9 Å². The molecule has 0 aliphatic carbocycles. The Morgan fingerprint density at radius 1 is 1.33 bits per heavy atom. The van der Waals surface area contributed by atoms with Crippen LogP contribution in [0.1, 0.15) is 31.1 Å². The molecule has 1 amide bonds. The zero-order valence-corrected chi connectivity index (χ0v) is 10.7. The van der Waals surface area contributed by atoms with Crippen molar-refractivity contribution in [3.8, 4) is 0 Å². The largest absolute Gasteiger partial charge is 0.399 e. The first-order valence-electron chi connectivity index (χ1n) is 4.66. The fourth-order valence-electron chi connectivity index (χ4n) is 1.16. The average molecular weight is 271 g/mol. The molecule has 0 aromatic heterocycles. The van der Waals surface area contributed by atoms with Gasteiger partial charge in [0, 0.05) is 21.3 Å². The van der Waals surface area contributed by atoms with Crippen LogP contribution in [-0.4, -0.2) is 11.4 Å². The first-order valence-corrected chi connectivity index (χ1v) is 5.46. The summed E-state index contributed by atoms with van der Waals surface area (Å²) < 4.78 is 0.807. The Labute approximate surface area is 98.2 Å². The lowest BCUT2D eigenvalue weighted by atomic mass is 10.1. The smallest absolute Gasteiger partial charge is 0.251 e. The number of rotatable bonds is 1. The van der Waals surface area contributed by atoms with Crippen molar-refractivity contribution in [2.24, 2.45) is 0 Å². The van der Waals surface area contributed by atoms with Gasteiger partial charge in [0.25, 0.3) is 5.91 Å². The number of hydrogen-bond donors (Lipinski definition) is 2. The summed E-state index contributed by atoms with van der Waals surface area (Å²) >= 11 is 3.30. The third kappa shape index (κ3) is 3.91. The van der Waals surface area contributed by atoms with E-state index in [0.717, 1.165) is 4.47 Å². The van der Waals surface area contributed by atoms with Gasteiger partial charge < -0.3 is 11.1 Å². The van der Waals surface area contributed by atoms with Gasteiger partial charge in [-0.15, -0.1) is 0 Å². The lowest BCUT2D eigenvalue weighted by Crippen LogP contribution is -2.40. The van der Waals surface area contributed by atoms with Gasteiger partial charge >= 0.3 is 0 Å². The highest BCUT2D eigenvalue weighted by Crippen LogP contribution is 2.17. The molecule has 1 rings (SSSR count). The summed E-state index contributed by atoms with van der Waals surface area (Å²) in [7, 11) is 0. The Morgan fingerprint density at radius 2 is 1.93 bits per heavy atom. The van der Waals surface area contributed by atoms with E-state index in [9.17, 15) is 4.79 Å². The van der Waals surface area contributed by atoms with Crippen molar-refractivity contribution < 1.29 is 4.79 Å². The van der Waals surface area contributed by atoms with E-state index < -0.39 is 0 Å². The molecule has 0 fully saturated rings. The number of carbonyl (C=O) groups is 1. The van der Waals surface area contributed by atoms with E-state index in [1.165, 1.54) is 0 Å². The molecule has 0 saturated carbocycles. The first-order chi connectivity index (χ1) is 6.78. The van der Waals surface area contributed by atoms with Gasteiger partial charge in [-0.1, -0.05) is 15.9 Å². The van der Waals surface area contributed by atoms with Gasteiger partial charge in [0.15, 0.2) is 0 Å². The summed E-state index contributed by atoms with van der Waals surface area (Å²) in [5.74, 6) is -0.115. The molecule has 0 unspecified atom stereocenters. The molecule has 3 N–H and O–H groups in total. The molecule has 3 nitrogen and oxygen atoms in total. The molecule has 0 aliphatic rings. The van der Waals surface area contributed by atoms with Crippen LogP contribution in [0.15, 0.2) is 22.7 Å². The summed E-state index contributed by atoms with van der Waals surface area (Å²) in [5.41, 5.74) is 6.55. The van der Waals surface area contributed by atoms with Gasteiger partial charge in [-0.2, -0.15) is 0 Å². The molecule has 82 valence electrons. The van der Waals surface area contributed by atoms with Crippen LogP contribution in [-0.2, 0) is 0 Å². The number of nitrogens with one attached hydrogen (secondary N) is 1. The van der Waals surface area contributed by atoms with E-state index in [0.29, 0.717) is 11.3 Å². The SMILES string of the molecule is CC(C)(C)NC(=O)c1cc(N)cc(Br)c1. The lowest BCUT2D eigenvalue weighted by molar-refractivity contribution is 0.0919. The Kier molecular flexibility index (Phi) is 3.39. The molecule has 0 aliphatic heterocycles. The highest BCUT2D eigenvalue weighted by Gasteiger charge is 2.15. The number of anilines is 1. The van der Waals surface area contributed by atoms with Crippen LogP contribution in [0.2, 0.25) is 0 Å². The van der Waals surface area contributed by atoms with Crippen molar-refractivity contribution in [3.63, 3.8) is 0 Å². The second-order valence-electron chi connectivity index (χ2n) is 4.48. The number of nitrogens with two attached hydrogens (primary N) is 1. The standard InChI is InChI=1S/C11H15BrN2O/c1-11(2,3)14-10(15)7-4-8(12)6-9(13)5-7/h4-6H,13H2,1-3H3,(H,14,15). The number of nitrogen functional groups attached to an aromatic ring is 1. The van der Waals surface area contributed by atoms with Gasteiger partial charge in [0.2, 0.25) is 0 Å². The van der Waals surface area contributed by atoms with Crippen LogP contribution in [0, 0.1) is 0 Å². The van der Waals surface area contributed by atoms with Crippen LogP contribution in [0.25, 0.3) is 0 Å². The molecule has 0 bridgehead atoms. The van der Waals surface area contributed by atoms with Gasteiger partial charge in [-0.3, -0.25) is 4.79 Å². The second-order valence-corrected chi connectivity index (χ2v) is 5.39. The molecule has 0 heterocycles. The zero-order chi connectivity index (χ0) is 11.6. The molecule has 0 radical (unpaired) electrons. The zero-order valence-electron chi connectivity index (χ0n) is 9.10. The summed E-state index contributed by atoms with van der Waals surface area (Å²) in [6.45, 7) is 5.81. The van der Waals surface area contributed by atoms with Crippen molar-refractivity contribution >= 4 is 27.5 Å². The summed E-state index contributed by atoms with van der Waals surface area (Å²) in [6.07, 6.45) is 0. The predicted octanol–water partition coefficient (Wildman–Crippen LogP) is 2.56. The van der Waals surface area contributed by atoms with E-state index in [4.69, 9.17) is 5.73 Å². The maximum absolute atomic E-state index is 11.8. The Bertz CT molecular complexity index is 362. The second kappa shape index (κ2) is 4.23. The molecular weight excluding hydrogens is 256 g/mol. The number of amides is 1. The predicted molar refractivity (Wildman–Crippen MR) is 65.8 cm³/mol. The van der Waals surface area contributed by atoms with E-state index in [1.54, 1.807) is 18.2 Å². The first kappa shape index (κ1) is 12.0. The maximum atomic E-state index is 11.8. The summed E-state index contributed by atoms with van der Waals surface area (Å²) in [6, 6.07) is 5.16. The van der Waals surface area contributed by atoms with E-state index in [-0.39, 0.29) is 11.4 Å². The van der Waals surface area contributed by atoms with Crippen molar-refractivity contribution in [2.75, 3.05) is 5.73 Å². The number of hydrogen-bond acceptors (Lipinski definition) is 2. The van der Waals surface area contributed by atoms with Gasteiger partial charge in [-0.05, 0) is 39.0 Å². The minimum atomic E-state index is -0.242. The number of halogens is 1. The summed E-state index contributed by atoms with van der Waals surface area (Å²) in [4.78, 5) is 11.8. The Morgan fingerprint density at radius 3 is 2.40 bits per heavy atom. The molecule has 0 spiro atoms. The van der Waals surface area contributed by atoms with Crippen molar-refractivity contribution in [1.29, 1.82) is 0 Å². The maximum Gasteiger partial charge on any atom is 0.251 e. The van der Waals surface area contributed by atoms with Crippen molar-refractivity contribution in [3.05, 3.63) is 28.2 Å². The fraction of sp³-hybridized carbons (Fsp3) is 0.364. The van der Waals surface area contributed by atoms with Gasteiger partial charge in [0.05, 0.1) is 0 Å². The van der Waals surface area contributed by atoms with Crippen LogP contribution < -0.4 is 11.1 Å². The van der Waals surface area contributed by atoms with Crippen LogP contribution in [0.5, 0.6) is 0 Å². The number of benzene rings is 1. The van der Waals surface area contributed by atoms with E-state index in [2.05, 4.69) is 21.2 Å². The van der Waals surface area contributed by atoms with Crippen molar-refractivity contribution in [2.45, 2.75) is 26.3 Å². The third-order valence-electron chi connectivity index (χ3n) is 1.67. The van der Waals surface area contributed by atoms with E-state index in [1.807, 2.05) is 20.8 Å². The van der Waals surface area contributed by atoms with Gasteiger partial charge in [0.1, 0.15) is 0 Å². The van der Waals surface area contributed by atoms with Gasteiger partial charge in [-0.25, -0.2) is 0 Å². The monoisotopic (exact) mass is 270 g/mol. The third-order valence-corrected chi connectivity index (χ3v) is 2.13. The average Bonchev–Trinajstić information content (AvgIpc) is 1.98. The van der Waals surface area contributed by atoms with Crippen molar-refractivity contribution in [1.82, 2.24) is 5.32 Å². The number of carbonyl (C=O) groups excluding carboxylic acids is 1. The topological polar surface area (TPSA) is 55.1 Å². The Hall–Kier alpha value is -1.03. The molecule has 0 atom stereocenters. The molecule has 15 heavy (non-hydrogen) atoms. The quantitative estimate of drug-likeness (QED) is 0.771. The highest BCUT2D eigenvalue weighted by molar-refractivity contribution is 9.10. The highest BCUT2D eigenvalue weighted by atomic mass is 79.9. The molecule has 1 aromatic rings. The minimum Gasteiger partial charge on any atom is -0.399 e. The molecule has 0 saturated heterocycles. The van der Waals surface area contributed by atoms with Crippen LogP contribution in [0.4, 0.5) is 5.69 Å². The Balaban J connectivity index is 2.92. The van der Waals surface area contributed by atoms with E-state index >= 15 is 0 Å². The minimum absolute atomic E-state index is 0.115. The summed E-state index contributed by atoms with van der Waals surface area (Å²) in [5, 5.41) is 2.87. The van der Waals surface area contributed by atoms with Crippen LogP contribution in [0.3, 0.4) is 0 Å². The molecular formula is C11H15BrN2O. The molecule has 4 heteroatoms. The fourth-order valence-corrected chi connectivity index (χ4v) is 1.67. The molecule has 1 aromatic carbocycles. The normalized spacial score (nSPS) is 11.2. The lowest BCUT2D eigenvalue weighted by Gasteiger charge is -2.20.